The Morgan fingerprint density at radius 2 is 1.82 bits per heavy atom. The highest BCUT2D eigenvalue weighted by Gasteiger charge is 1.93. The van der Waals surface area contributed by atoms with Crippen molar-refractivity contribution in [1.29, 1.82) is 0 Å². The molecule has 0 amide bonds. The molecule has 0 aliphatic rings. The standard InChI is InChI=1S/C10H13N/c1-8-4-6-10(7-5-8)9(2)11-3/h4-7,11H,2H2,1,3H3. The van der Waals surface area contributed by atoms with E-state index in [0.717, 1.165) is 11.3 Å². The van der Waals surface area contributed by atoms with Crippen LogP contribution in [0.25, 0.3) is 5.70 Å². The molecule has 1 rings (SSSR count). The predicted octanol–water partition coefficient (Wildman–Crippen LogP) is 2.19. The molecule has 0 heterocycles. The van der Waals surface area contributed by atoms with Gasteiger partial charge in [-0.3, -0.25) is 0 Å². The van der Waals surface area contributed by atoms with Gasteiger partial charge in [-0.15, -0.1) is 0 Å². The van der Waals surface area contributed by atoms with Gasteiger partial charge in [-0.05, 0) is 12.5 Å². The maximum absolute atomic E-state index is 3.86. The quantitative estimate of drug-likeness (QED) is 0.676. The second-order valence-electron chi connectivity index (χ2n) is 2.59. The van der Waals surface area contributed by atoms with Crippen LogP contribution in [-0.4, -0.2) is 7.05 Å². The molecule has 1 nitrogen and oxygen atoms in total. The zero-order valence-corrected chi connectivity index (χ0v) is 7.02. The zero-order chi connectivity index (χ0) is 8.27. The Bertz CT molecular complexity index is 246. The summed E-state index contributed by atoms with van der Waals surface area (Å²) >= 11 is 0. The predicted molar refractivity (Wildman–Crippen MR) is 49.3 cm³/mol. The molecule has 0 saturated heterocycles. The van der Waals surface area contributed by atoms with Crippen molar-refractivity contribution in [1.82, 2.24) is 5.32 Å². The van der Waals surface area contributed by atoms with E-state index in [9.17, 15) is 0 Å². The highest BCUT2D eigenvalue weighted by atomic mass is 14.8. The first-order chi connectivity index (χ1) is 5.24. The highest BCUT2D eigenvalue weighted by molar-refractivity contribution is 5.61. The third kappa shape index (κ3) is 1.84. The Morgan fingerprint density at radius 1 is 1.27 bits per heavy atom. The van der Waals surface area contributed by atoms with Crippen molar-refractivity contribution in [2.24, 2.45) is 0 Å². The molecule has 1 heteroatoms. The number of hydrogen-bond acceptors (Lipinski definition) is 1. The van der Waals surface area contributed by atoms with Crippen molar-refractivity contribution in [3.63, 3.8) is 0 Å². The second-order valence-corrected chi connectivity index (χ2v) is 2.59. The minimum Gasteiger partial charge on any atom is -0.388 e. The Labute approximate surface area is 67.8 Å². The molecule has 0 radical (unpaired) electrons. The van der Waals surface area contributed by atoms with Crippen LogP contribution in [0.5, 0.6) is 0 Å². The van der Waals surface area contributed by atoms with Crippen LogP contribution in [0.4, 0.5) is 0 Å². The number of nitrogens with one attached hydrogen (secondary N) is 1. The fourth-order valence-electron chi connectivity index (χ4n) is 0.899. The Morgan fingerprint density at radius 3 is 2.27 bits per heavy atom. The molecule has 1 aromatic rings. The first kappa shape index (κ1) is 7.86. The van der Waals surface area contributed by atoms with Crippen LogP contribution in [0.15, 0.2) is 30.8 Å². The lowest BCUT2D eigenvalue weighted by Gasteiger charge is -2.03. The summed E-state index contributed by atoms with van der Waals surface area (Å²) in [5, 5.41) is 3.01. The molecule has 0 saturated carbocycles. The minimum absolute atomic E-state index is 0.963. The normalized spacial score (nSPS) is 9.27. The number of hydrogen-bond donors (Lipinski definition) is 1. The molecule has 0 aliphatic heterocycles. The molecule has 0 unspecified atom stereocenters. The van der Waals surface area contributed by atoms with Crippen LogP contribution in [0.3, 0.4) is 0 Å². The molecular weight excluding hydrogens is 134 g/mol. The Balaban J connectivity index is 2.90. The van der Waals surface area contributed by atoms with Gasteiger partial charge in [-0.25, -0.2) is 0 Å². The van der Waals surface area contributed by atoms with Crippen LogP contribution in [0.2, 0.25) is 0 Å². The molecule has 58 valence electrons. The lowest BCUT2D eigenvalue weighted by Crippen LogP contribution is -2.02. The van der Waals surface area contributed by atoms with E-state index in [-0.39, 0.29) is 0 Å². The van der Waals surface area contributed by atoms with Crippen molar-refractivity contribution < 1.29 is 0 Å². The van der Waals surface area contributed by atoms with Crippen molar-refractivity contribution in [2.45, 2.75) is 6.92 Å². The lowest BCUT2D eigenvalue weighted by molar-refractivity contribution is 1.13. The van der Waals surface area contributed by atoms with Crippen molar-refractivity contribution >= 4 is 5.70 Å². The highest BCUT2D eigenvalue weighted by Crippen LogP contribution is 2.09. The average Bonchev–Trinajstić information content (AvgIpc) is 2.05. The van der Waals surface area contributed by atoms with Gasteiger partial charge < -0.3 is 5.32 Å². The van der Waals surface area contributed by atoms with Crippen LogP contribution in [-0.2, 0) is 0 Å². The Kier molecular flexibility index (Phi) is 2.32. The summed E-state index contributed by atoms with van der Waals surface area (Å²) in [6, 6.07) is 8.29. The van der Waals surface area contributed by atoms with Crippen molar-refractivity contribution in [2.75, 3.05) is 7.05 Å². The summed E-state index contributed by atoms with van der Waals surface area (Å²) in [6.07, 6.45) is 0. The van der Waals surface area contributed by atoms with Gasteiger partial charge in [0.15, 0.2) is 0 Å². The van der Waals surface area contributed by atoms with Gasteiger partial charge in [0.1, 0.15) is 0 Å². The number of aryl methyl sites for hydroxylation is 1. The van der Waals surface area contributed by atoms with E-state index >= 15 is 0 Å². The van der Waals surface area contributed by atoms with Gasteiger partial charge in [-0.1, -0.05) is 36.4 Å². The first-order valence-electron chi connectivity index (χ1n) is 3.67. The lowest BCUT2D eigenvalue weighted by atomic mass is 10.1. The summed E-state index contributed by atoms with van der Waals surface area (Å²) < 4.78 is 0. The molecule has 0 aromatic heterocycles. The average molecular weight is 147 g/mol. The molecule has 0 bridgehead atoms. The molecule has 1 aromatic carbocycles. The van der Waals surface area contributed by atoms with Crippen molar-refractivity contribution in [3.8, 4) is 0 Å². The molecule has 11 heavy (non-hydrogen) atoms. The van der Waals surface area contributed by atoms with Gasteiger partial charge in [-0.2, -0.15) is 0 Å². The van der Waals surface area contributed by atoms with E-state index in [2.05, 4.69) is 43.1 Å². The molecular formula is C10H13N. The number of rotatable bonds is 2. The maximum atomic E-state index is 3.86. The summed E-state index contributed by atoms with van der Waals surface area (Å²) in [4.78, 5) is 0. The van der Waals surface area contributed by atoms with Gasteiger partial charge >= 0.3 is 0 Å². The maximum Gasteiger partial charge on any atom is 0.0338 e. The third-order valence-corrected chi connectivity index (χ3v) is 1.70. The van der Waals surface area contributed by atoms with Crippen LogP contribution in [0, 0.1) is 6.92 Å². The molecule has 1 N–H and O–H groups in total. The fraction of sp³-hybridized carbons (Fsp3) is 0.200. The SMILES string of the molecule is C=C(NC)c1ccc(C)cc1. The monoisotopic (exact) mass is 147 g/mol. The molecule has 0 aliphatic carbocycles. The smallest absolute Gasteiger partial charge is 0.0338 e. The zero-order valence-electron chi connectivity index (χ0n) is 7.02. The summed E-state index contributed by atoms with van der Waals surface area (Å²) in [5.41, 5.74) is 3.39. The largest absolute Gasteiger partial charge is 0.388 e. The topological polar surface area (TPSA) is 12.0 Å². The summed E-state index contributed by atoms with van der Waals surface area (Å²) in [6.45, 7) is 5.94. The van der Waals surface area contributed by atoms with Gasteiger partial charge in [0.05, 0.1) is 0 Å². The van der Waals surface area contributed by atoms with E-state index in [1.54, 1.807) is 0 Å². The van der Waals surface area contributed by atoms with Crippen LogP contribution in [0.1, 0.15) is 11.1 Å². The number of benzene rings is 1. The van der Waals surface area contributed by atoms with E-state index in [4.69, 9.17) is 0 Å². The van der Waals surface area contributed by atoms with E-state index in [0.29, 0.717) is 0 Å². The van der Waals surface area contributed by atoms with Crippen LogP contribution >= 0.6 is 0 Å². The van der Waals surface area contributed by atoms with Gasteiger partial charge in [0.2, 0.25) is 0 Å². The second kappa shape index (κ2) is 3.24. The summed E-state index contributed by atoms with van der Waals surface area (Å²) in [5.74, 6) is 0. The fourth-order valence-corrected chi connectivity index (χ4v) is 0.899. The van der Waals surface area contributed by atoms with E-state index < -0.39 is 0 Å². The minimum atomic E-state index is 0.963. The molecule has 0 spiro atoms. The Hall–Kier alpha value is -1.24. The summed E-state index contributed by atoms with van der Waals surface area (Å²) in [7, 11) is 1.88. The van der Waals surface area contributed by atoms with Crippen LogP contribution < -0.4 is 5.32 Å². The molecule has 0 fully saturated rings. The van der Waals surface area contributed by atoms with Crippen molar-refractivity contribution in [3.05, 3.63) is 42.0 Å². The van der Waals surface area contributed by atoms with E-state index in [1.807, 2.05) is 7.05 Å². The van der Waals surface area contributed by atoms with Gasteiger partial charge in [0, 0.05) is 12.7 Å². The van der Waals surface area contributed by atoms with Gasteiger partial charge in [0.25, 0.3) is 0 Å². The first-order valence-corrected chi connectivity index (χ1v) is 3.67. The molecule has 0 atom stereocenters. The van der Waals surface area contributed by atoms with E-state index in [1.165, 1.54) is 5.56 Å². The third-order valence-electron chi connectivity index (χ3n) is 1.70.